The van der Waals surface area contributed by atoms with E-state index in [1.54, 1.807) is 7.11 Å². The fourth-order valence-corrected chi connectivity index (χ4v) is 2.29. The molecule has 6 heteroatoms. The third-order valence-electron chi connectivity index (χ3n) is 2.55. The van der Waals surface area contributed by atoms with Crippen molar-refractivity contribution in [1.82, 2.24) is 14.8 Å². The van der Waals surface area contributed by atoms with Crippen molar-refractivity contribution in [2.45, 2.75) is 12.4 Å². The van der Waals surface area contributed by atoms with Crippen molar-refractivity contribution in [2.24, 2.45) is 0 Å². The van der Waals surface area contributed by atoms with E-state index in [4.69, 9.17) is 16.3 Å². The lowest BCUT2D eigenvalue weighted by molar-refractivity contribution is 0.187. The van der Waals surface area contributed by atoms with Gasteiger partial charge in [0.1, 0.15) is 5.82 Å². The summed E-state index contributed by atoms with van der Waals surface area (Å²) in [6.45, 7) is 1.29. The van der Waals surface area contributed by atoms with Gasteiger partial charge in [-0.2, -0.15) is 0 Å². The van der Waals surface area contributed by atoms with E-state index >= 15 is 0 Å². The van der Waals surface area contributed by atoms with Crippen molar-refractivity contribution in [3.8, 4) is 11.4 Å². The predicted octanol–water partition coefficient (Wildman–Crippen LogP) is 3.09. The summed E-state index contributed by atoms with van der Waals surface area (Å²) in [6.07, 6.45) is 0. The van der Waals surface area contributed by atoms with Crippen LogP contribution in [0.25, 0.3) is 11.4 Å². The van der Waals surface area contributed by atoms with Crippen LogP contribution in [0.3, 0.4) is 0 Å². The number of methoxy groups -OCH3 is 1. The summed E-state index contributed by atoms with van der Waals surface area (Å²) >= 11 is 9.32. The summed E-state index contributed by atoms with van der Waals surface area (Å²) in [7, 11) is 1.67. The molecule has 0 aliphatic carbocycles. The van der Waals surface area contributed by atoms with Crippen molar-refractivity contribution in [3.05, 3.63) is 34.6 Å². The molecule has 0 saturated heterocycles. The average molecular weight is 331 g/mol. The molecule has 96 valence electrons. The third-order valence-corrected chi connectivity index (χ3v) is 3.28. The summed E-state index contributed by atoms with van der Waals surface area (Å²) in [5, 5.41) is 8.31. The highest BCUT2D eigenvalue weighted by atomic mass is 79.9. The van der Waals surface area contributed by atoms with Crippen LogP contribution in [0.5, 0.6) is 0 Å². The van der Waals surface area contributed by atoms with E-state index in [1.165, 1.54) is 0 Å². The minimum absolute atomic E-state index is 0.338. The van der Waals surface area contributed by atoms with E-state index in [-0.39, 0.29) is 0 Å². The molecule has 1 heterocycles. The molecule has 0 bridgehead atoms. The largest absolute Gasteiger partial charge is 0.383 e. The summed E-state index contributed by atoms with van der Waals surface area (Å²) in [6, 6.07) is 7.94. The Bertz CT molecular complexity index is 530. The number of rotatable bonds is 5. The Labute approximate surface area is 119 Å². The molecule has 4 nitrogen and oxygen atoms in total. The first-order chi connectivity index (χ1) is 8.76. The zero-order chi connectivity index (χ0) is 13.0. The minimum Gasteiger partial charge on any atom is -0.383 e. The average Bonchev–Trinajstić information content (AvgIpc) is 2.79. The van der Waals surface area contributed by atoms with Crippen LogP contribution in [0.2, 0.25) is 0 Å². The molecule has 0 saturated carbocycles. The van der Waals surface area contributed by atoms with Crippen LogP contribution in [0.1, 0.15) is 5.82 Å². The fourth-order valence-electron chi connectivity index (χ4n) is 1.69. The van der Waals surface area contributed by atoms with Gasteiger partial charge in [-0.3, -0.25) is 0 Å². The second-order valence-electron chi connectivity index (χ2n) is 3.73. The van der Waals surface area contributed by atoms with Gasteiger partial charge in [0.05, 0.1) is 12.5 Å². The van der Waals surface area contributed by atoms with Crippen molar-refractivity contribution < 1.29 is 4.74 Å². The van der Waals surface area contributed by atoms with Gasteiger partial charge < -0.3 is 9.30 Å². The number of nitrogens with zero attached hydrogens (tertiary/aromatic N) is 3. The van der Waals surface area contributed by atoms with Crippen LogP contribution in [0.4, 0.5) is 0 Å². The summed E-state index contributed by atoms with van der Waals surface area (Å²) in [5.74, 6) is 1.90. The summed E-state index contributed by atoms with van der Waals surface area (Å²) < 4.78 is 8.09. The van der Waals surface area contributed by atoms with Crippen molar-refractivity contribution in [3.63, 3.8) is 0 Å². The summed E-state index contributed by atoms with van der Waals surface area (Å²) in [4.78, 5) is 0. The second-order valence-corrected chi connectivity index (χ2v) is 4.91. The van der Waals surface area contributed by atoms with Crippen LogP contribution >= 0.6 is 27.5 Å². The highest BCUT2D eigenvalue weighted by Crippen LogP contribution is 2.22. The number of hydrogen-bond acceptors (Lipinski definition) is 3. The molecule has 0 atom stereocenters. The van der Waals surface area contributed by atoms with E-state index in [9.17, 15) is 0 Å². The van der Waals surface area contributed by atoms with E-state index in [1.807, 2.05) is 28.8 Å². The van der Waals surface area contributed by atoms with Gasteiger partial charge in [-0.25, -0.2) is 0 Å². The second kappa shape index (κ2) is 6.31. The monoisotopic (exact) mass is 329 g/mol. The van der Waals surface area contributed by atoms with Gasteiger partial charge in [-0.1, -0.05) is 28.1 Å². The maximum atomic E-state index is 5.87. The Morgan fingerprint density at radius 1 is 1.39 bits per heavy atom. The van der Waals surface area contributed by atoms with Crippen molar-refractivity contribution >= 4 is 27.5 Å². The van der Waals surface area contributed by atoms with Crippen LogP contribution in [-0.4, -0.2) is 28.5 Å². The molecular formula is C12H13BrClN3O. The molecule has 0 N–H and O–H groups in total. The van der Waals surface area contributed by atoms with Gasteiger partial charge >= 0.3 is 0 Å². The number of hydrogen-bond donors (Lipinski definition) is 0. The maximum absolute atomic E-state index is 5.87. The molecule has 0 aliphatic heterocycles. The van der Waals surface area contributed by atoms with Gasteiger partial charge in [0, 0.05) is 23.7 Å². The number of halogens is 2. The fraction of sp³-hybridized carbons (Fsp3) is 0.333. The van der Waals surface area contributed by atoms with Crippen LogP contribution in [0, 0.1) is 0 Å². The van der Waals surface area contributed by atoms with Gasteiger partial charge in [0.15, 0.2) is 5.82 Å². The molecule has 0 spiro atoms. The van der Waals surface area contributed by atoms with Crippen molar-refractivity contribution in [1.29, 1.82) is 0 Å². The van der Waals surface area contributed by atoms with Gasteiger partial charge in [-0.05, 0) is 12.1 Å². The zero-order valence-corrected chi connectivity index (χ0v) is 12.3. The Hall–Kier alpha value is -0.910. The molecule has 0 aliphatic rings. The molecule has 0 unspecified atom stereocenters. The van der Waals surface area contributed by atoms with E-state index in [0.717, 1.165) is 21.7 Å². The number of alkyl halides is 1. The standard InChI is InChI=1S/C12H13BrClN3O/c1-18-6-5-17-11(8-14)15-16-12(17)9-3-2-4-10(13)7-9/h2-4,7H,5-6,8H2,1H3. The highest BCUT2D eigenvalue weighted by molar-refractivity contribution is 9.10. The first-order valence-electron chi connectivity index (χ1n) is 5.49. The van der Waals surface area contributed by atoms with E-state index in [0.29, 0.717) is 19.0 Å². The Morgan fingerprint density at radius 2 is 2.22 bits per heavy atom. The topological polar surface area (TPSA) is 39.9 Å². The predicted molar refractivity (Wildman–Crippen MR) is 74.6 cm³/mol. The minimum atomic E-state index is 0.338. The lowest BCUT2D eigenvalue weighted by Crippen LogP contribution is -2.09. The highest BCUT2D eigenvalue weighted by Gasteiger charge is 2.12. The van der Waals surface area contributed by atoms with Crippen LogP contribution in [-0.2, 0) is 17.2 Å². The molecule has 0 amide bonds. The molecule has 18 heavy (non-hydrogen) atoms. The van der Waals surface area contributed by atoms with Crippen LogP contribution < -0.4 is 0 Å². The van der Waals surface area contributed by atoms with E-state index in [2.05, 4.69) is 26.1 Å². The van der Waals surface area contributed by atoms with Gasteiger partial charge in [-0.15, -0.1) is 21.8 Å². The molecular weight excluding hydrogens is 318 g/mol. The quantitative estimate of drug-likeness (QED) is 0.791. The maximum Gasteiger partial charge on any atom is 0.164 e. The lowest BCUT2D eigenvalue weighted by atomic mass is 10.2. The first kappa shape index (κ1) is 13.5. The van der Waals surface area contributed by atoms with Gasteiger partial charge in [0.25, 0.3) is 0 Å². The smallest absolute Gasteiger partial charge is 0.164 e. The molecule has 1 aromatic heterocycles. The Balaban J connectivity index is 2.40. The molecule has 0 fully saturated rings. The Kier molecular flexibility index (Phi) is 4.74. The molecule has 2 aromatic rings. The number of benzene rings is 1. The van der Waals surface area contributed by atoms with E-state index < -0.39 is 0 Å². The van der Waals surface area contributed by atoms with Crippen LogP contribution in [0.15, 0.2) is 28.7 Å². The molecule has 1 aromatic carbocycles. The third kappa shape index (κ3) is 2.91. The Morgan fingerprint density at radius 3 is 2.89 bits per heavy atom. The number of ether oxygens (including phenoxy) is 1. The SMILES string of the molecule is COCCn1c(CCl)nnc1-c1cccc(Br)c1. The normalized spacial score (nSPS) is 10.8. The van der Waals surface area contributed by atoms with Gasteiger partial charge in [0.2, 0.25) is 0 Å². The number of aromatic nitrogens is 3. The molecule has 2 rings (SSSR count). The summed E-state index contributed by atoms with van der Waals surface area (Å²) in [5.41, 5.74) is 1.00. The lowest BCUT2D eigenvalue weighted by Gasteiger charge is -2.08. The molecule has 0 radical (unpaired) electrons. The zero-order valence-electron chi connectivity index (χ0n) is 9.94. The first-order valence-corrected chi connectivity index (χ1v) is 6.82. The van der Waals surface area contributed by atoms with Crippen molar-refractivity contribution in [2.75, 3.05) is 13.7 Å².